The van der Waals surface area contributed by atoms with E-state index < -0.39 is 11.7 Å². The van der Waals surface area contributed by atoms with Crippen molar-refractivity contribution in [2.75, 3.05) is 7.11 Å². The van der Waals surface area contributed by atoms with Crippen LogP contribution in [0.4, 0.5) is 4.39 Å². The van der Waals surface area contributed by atoms with Gasteiger partial charge in [0.25, 0.3) is 5.91 Å². The van der Waals surface area contributed by atoms with E-state index in [1.807, 2.05) is 0 Å². The van der Waals surface area contributed by atoms with Crippen LogP contribution in [0, 0.1) is 18.7 Å². The Morgan fingerprint density at radius 2 is 2.25 bits per heavy atom. The van der Waals surface area contributed by atoms with Crippen molar-refractivity contribution in [1.82, 2.24) is 15.5 Å². The third-order valence-corrected chi connectivity index (χ3v) is 4.33. The van der Waals surface area contributed by atoms with Gasteiger partial charge in [-0.1, -0.05) is 6.07 Å². The van der Waals surface area contributed by atoms with Gasteiger partial charge in [0.15, 0.2) is 0 Å². The normalized spacial score (nSPS) is 20.1. The molecule has 1 amide bonds. The molecule has 6 nitrogen and oxygen atoms in total. The number of benzene rings is 1. The zero-order chi connectivity index (χ0) is 17.1. The van der Waals surface area contributed by atoms with E-state index in [2.05, 4.69) is 15.5 Å². The summed E-state index contributed by atoms with van der Waals surface area (Å²) in [5, 5.41) is 10.7. The number of methoxy groups -OCH3 is 1. The molecule has 1 heterocycles. The molecule has 0 aliphatic heterocycles. The maximum Gasteiger partial charge on any atom is 0.258 e. The highest BCUT2D eigenvalue weighted by Crippen LogP contribution is 2.29. The maximum atomic E-state index is 14.0. The molecule has 1 N–H and O–H groups in total. The molecule has 1 aromatic carbocycles. The summed E-state index contributed by atoms with van der Waals surface area (Å²) in [7, 11) is 1.42. The Bertz CT molecular complexity index is 732. The van der Waals surface area contributed by atoms with Gasteiger partial charge in [-0.15, -0.1) is 10.2 Å². The fraction of sp³-hybridized carbons (Fsp3) is 0.471. The summed E-state index contributed by atoms with van der Waals surface area (Å²) in [4.78, 5) is 12.4. The fourth-order valence-electron chi connectivity index (χ4n) is 3.21. The van der Waals surface area contributed by atoms with Crippen molar-refractivity contribution in [3.05, 3.63) is 41.4 Å². The summed E-state index contributed by atoms with van der Waals surface area (Å²) in [5.74, 6) is 0.771. The van der Waals surface area contributed by atoms with Gasteiger partial charge >= 0.3 is 0 Å². The van der Waals surface area contributed by atoms with Crippen molar-refractivity contribution in [3.63, 3.8) is 0 Å². The number of amides is 1. The first-order chi connectivity index (χ1) is 11.6. The Balaban J connectivity index is 1.60. The number of carbonyl (C=O) groups is 1. The van der Waals surface area contributed by atoms with Gasteiger partial charge < -0.3 is 14.5 Å². The summed E-state index contributed by atoms with van der Waals surface area (Å²) in [6.45, 7) is 1.76. The molecule has 2 atom stereocenters. The molecule has 0 spiro atoms. The van der Waals surface area contributed by atoms with Crippen LogP contribution in [0.3, 0.4) is 0 Å². The topological polar surface area (TPSA) is 77.2 Å². The molecule has 0 radical (unpaired) electrons. The lowest BCUT2D eigenvalue weighted by molar-refractivity contribution is 0.0929. The molecule has 7 heteroatoms. The number of nitrogens with one attached hydrogen (secondary N) is 1. The lowest BCUT2D eigenvalue weighted by Crippen LogP contribution is -2.33. The average molecular weight is 333 g/mol. The number of hydrogen-bond acceptors (Lipinski definition) is 5. The highest BCUT2D eigenvalue weighted by atomic mass is 19.1. The number of rotatable bonds is 5. The van der Waals surface area contributed by atoms with Crippen molar-refractivity contribution in [2.45, 2.75) is 38.6 Å². The van der Waals surface area contributed by atoms with E-state index in [1.54, 1.807) is 13.0 Å². The van der Waals surface area contributed by atoms with E-state index >= 15 is 0 Å². The van der Waals surface area contributed by atoms with Gasteiger partial charge in [0.1, 0.15) is 17.1 Å². The van der Waals surface area contributed by atoms with Crippen LogP contribution in [0.1, 0.15) is 41.4 Å². The third-order valence-electron chi connectivity index (χ3n) is 4.33. The van der Waals surface area contributed by atoms with Crippen LogP contribution in [0.15, 0.2) is 22.6 Å². The molecule has 1 saturated carbocycles. The minimum atomic E-state index is -0.581. The molecule has 24 heavy (non-hydrogen) atoms. The molecule has 0 saturated heterocycles. The van der Waals surface area contributed by atoms with Crippen molar-refractivity contribution in [3.8, 4) is 5.75 Å². The van der Waals surface area contributed by atoms with Crippen LogP contribution in [-0.2, 0) is 6.42 Å². The van der Waals surface area contributed by atoms with E-state index in [-0.39, 0.29) is 17.4 Å². The van der Waals surface area contributed by atoms with Gasteiger partial charge in [-0.3, -0.25) is 4.79 Å². The molecule has 0 bridgehead atoms. The van der Waals surface area contributed by atoms with Crippen LogP contribution < -0.4 is 10.1 Å². The standard InChI is InChI=1S/C17H20FN3O3/c1-10-20-21-15(24-10)9-11-6-7-12(8-11)19-17(22)16-13(18)4-3-5-14(16)23-2/h3-5,11-12H,6-9H2,1-2H3,(H,19,22)/t11-,12+/m1/s1. The Morgan fingerprint density at radius 1 is 1.42 bits per heavy atom. The lowest BCUT2D eigenvalue weighted by Gasteiger charge is -2.15. The molecular formula is C17H20FN3O3. The second-order valence-corrected chi connectivity index (χ2v) is 6.09. The van der Waals surface area contributed by atoms with Crippen LogP contribution in [0.5, 0.6) is 5.75 Å². The maximum absolute atomic E-state index is 14.0. The molecule has 128 valence electrons. The fourth-order valence-corrected chi connectivity index (χ4v) is 3.21. The van der Waals surface area contributed by atoms with Gasteiger partial charge in [0.05, 0.1) is 7.11 Å². The van der Waals surface area contributed by atoms with Crippen LogP contribution in [0.25, 0.3) is 0 Å². The minimum absolute atomic E-state index is 0.0100. The molecule has 3 rings (SSSR count). The molecule has 0 unspecified atom stereocenters. The predicted octanol–water partition coefficient (Wildman–Crippen LogP) is 2.67. The van der Waals surface area contributed by atoms with E-state index in [9.17, 15) is 9.18 Å². The molecule has 1 fully saturated rings. The van der Waals surface area contributed by atoms with Gasteiger partial charge in [-0.25, -0.2) is 4.39 Å². The zero-order valence-electron chi connectivity index (χ0n) is 13.7. The van der Waals surface area contributed by atoms with Crippen molar-refractivity contribution < 1.29 is 18.3 Å². The second-order valence-electron chi connectivity index (χ2n) is 6.09. The average Bonchev–Trinajstić information content (AvgIpc) is 3.16. The van der Waals surface area contributed by atoms with Crippen molar-refractivity contribution in [1.29, 1.82) is 0 Å². The highest BCUT2D eigenvalue weighted by molar-refractivity contribution is 5.97. The molecule has 2 aromatic rings. The third kappa shape index (κ3) is 3.55. The molecule has 1 aliphatic carbocycles. The van der Waals surface area contributed by atoms with Crippen LogP contribution in [0.2, 0.25) is 0 Å². The van der Waals surface area contributed by atoms with Gasteiger partial charge in [0.2, 0.25) is 11.8 Å². The Hall–Kier alpha value is -2.44. The summed E-state index contributed by atoms with van der Waals surface area (Å²) in [6.07, 6.45) is 3.32. The molecular weight excluding hydrogens is 313 g/mol. The Kier molecular flexibility index (Phi) is 4.78. The first-order valence-corrected chi connectivity index (χ1v) is 7.99. The summed E-state index contributed by atoms with van der Waals surface area (Å²) >= 11 is 0. The predicted molar refractivity (Wildman–Crippen MR) is 84.3 cm³/mol. The van der Waals surface area contributed by atoms with Gasteiger partial charge in [-0.05, 0) is 37.3 Å². The molecule has 1 aromatic heterocycles. The van der Waals surface area contributed by atoms with E-state index in [0.717, 1.165) is 19.3 Å². The number of aromatic nitrogens is 2. The Labute approximate surface area is 139 Å². The minimum Gasteiger partial charge on any atom is -0.496 e. The van der Waals surface area contributed by atoms with E-state index in [4.69, 9.17) is 9.15 Å². The largest absolute Gasteiger partial charge is 0.496 e. The highest BCUT2D eigenvalue weighted by Gasteiger charge is 2.29. The zero-order valence-corrected chi connectivity index (χ0v) is 13.7. The Morgan fingerprint density at radius 3 is 2.96 bits per heavy atom. The monoisotopic (exact) mass is 333 g/mol. The van der Waals surface area contributed by atoms with Gasteiger partial charge in [0, 0.05) is 19.4 Å². The SMILES string of the molecule is COc1cccc(F)c1C(=O)N[C@H]1CC[C@@H](Cc2nnc(C)o2)C1. The number of halogens is 1. The van der Waals surface area contributed by atoms with E-state index in [1.165, 1.54) is 19.2 Å². The first kappa shape index (κ1) is 16.4. The quantitative estimate of drug-likeness (QED) is 0.910. The number of hydrogen-bond donors (Lipinski definition) is 1. The summed E-state index contributed by atoms with van der Waals surface area (Å²) < 4.78 is 24.4. The van der Waals surface area contributed by atoms with E-state index in [0.29, 0.717) is 24.1 Å². The number of carbonyl (C=O) groups excluding carboxylic acids is 1. The van der Waals surface area contributed by atoms with Crippen molar-refractivity contribution >= 4 is 5.91 Å². The summed E-state index contributed by atoms with van der Waals surface area (Å²) in [5.41, 5.74) is -0.0454. The smallest absolute Gasteiger partial charge is 0.258 e. The number of nitrogens with zero attached hydrogens (tertiary/aromatic N) is 2. The number of ether oxygens (including phenoxy) is 1. The van der Waals surface area contributed by atoms with Gasteiger partial charge in [-0.2, -0.15) is 0 Å². The molecule has 1 aliphatic rings. The van der Waals surface area contributed by atoms with Crippen LogP contribution in [-0.4, -0.2) is 29.3 Å². The van der Waals surface area contributed by atoms with Crippen molar-refractivity contribution in [2.24, 2.45) is 5.92 Å². The van der Waals surface area contributed by atoms with Crippen LogP contribution >= 0.6 is 0 Å². The first-order valence-electron chi connectivity index (χ1n) is 7.99. The summed E-state index contributed by atoms with van der Waals surface area (Å²) in [6, 6.07) is 4.36. The number of aryl methyl sites for hydroxylation is 1. The lowest BCUT2D eigenvalue weighted by atomic mass is 10.0. The second kappa shape index (κ2) is 6.98.